The molecule has 8 nitrogen and oxygen atoms in total. The highest BCUT2D eigenvalue weighted by Crippen LogP contribution is 2.29. The van der Waals surface area contributed by atoms with Crippen LogP contribution in [0.1, 0.15) is 31.8 Å². The van der Waals surface area contributed by atoms with Crippen LogP contribution in [0.5, 0.6) is 5.75 Å². The van der Waals surface area contributed by atoms with Gasteiger partial charge in [0.15, 0.2) is 5.11 Å². The van der Waals surface area contributed by atoms with E-state index in [-0.39, 0.29) is 22.9 Å². The molecule has 0 unspecified atom stereocenters. The molecule has 10 heteroatoms. The van der Waals surface area contributed by atoms with Crippen LogP contribution in [0.25, 0.3) is 6.08 Å². The summed E-state index contributed by atoms with van der Waals surface area (Å²) in [7, 11) is 1.45. The molecule has 1 N–H and O–H groups in total. The summed E-state index contributed by atoms with van der Waals surface area (Å²) in [6.07, 6.45) is 1.36. The molecule has 2 aliphatic rings. The Morgan fingerprint density at radius 3 is 2.27 bits per heavy atom. The summed E-state index contributed by atoms with van der Waals surface area (Å²) in [5, 5.41) is 2.28. The summed E-state index contributed by atoms with van der Waals surface area (Å²) >= 11 is 5.15. The van der Waals surface area contributed by atoms with Gasteiger partial charge < -0.3 is 4.74 Å². The number of rotatable bonds is 5. The molecule has 0 bridgehead atoms. The van der Waals surface area contributed by atoms with Gasteiger partial charge in [-0.2, -0.15) is 0 Å². The second-order valence-corrected chi connectivity index (χ2v) is 8.64. The Balaban J connectivity index is 1.48. The van der Waals surface area contributed by atoms with E-state index in [0.717, 1.165) is 15.9 Å². The molecule has 184 valence electrons. The number of fused-ring (bicyclic) bond motifs is 1. The third kappa shape index (κ3) is 4.27. The monoisotopic (exact) mass is 515 g/mol. The smallest absolute Gasteiger partial charge is 0.270 e. The topological polar surface area (TPSA) is 96.0 Å². The van der Waals surface area contributed by atoms with Crippen LogP contribution in [-0.2, 0) is 16.1 Å². The summed E-state index contributed by atoms with van der Waals surface area (Å²) in [4.78, 5) is 53.7. The van der Waals surface area contributed by atoms with E-state index in [2.05, 4.69) is 5.32 Å². The number of hydrogen-bond acceptors (Lipinski definition) is 6. The van der Waals surface area contributed by atoms with E-state index in [1.54, 1.807) is 42.5 Å². The molecule has 0 atom stereocenters. The van der Waals surface area contributed by atoms with Gasteiger partial charge in [0, 0.05) is 5.56 Å². The third-order valence-corrected chi connectivity index (χ3v) is 6.27. The lowest BCUT2D eigenvalue weighted by molar-refractivity contribution is -0.122. The highest BCUT2D eigenvalue weighted by Gasteiger charge is 2.36. The number of anilines is 1. The Labute approximate surface area is 215 Å². The van der Waals surface area contributed by atoms with Crippen LogP contribution in [0.2, 0.25) is 0 Å². The van der Waals surface area contributed by atoms with Crippen LogP contribution >= 0.6 is 12.2 Å². The number of benzene rings is 3. The standard InChI is InChI=1S/C27H18FN3O5S/c1-36-22-10-9-15(11-16(22)14-30-24(33)19-7-2-3-8-20(19)25(30)34)12-21-23(32)29-27(37)31(26(21)35)18-6-4-5-17(28)13-18/h2-13H,14H2,1H3,(H,29,32,37)/b21-12-. The van der Waals surface area contributed by atoms with Crippen LogP contribution < -0.4 is 15.0 Å². The predicted octanol–water partition coefficient (Wildman–Crippen LogP) is 3.46. The van der Waals surface area contributed by atoms with Crippen LogP contribution in [0.4, 0.5) is 10.1 Å². The summed E-state index contributed by atoms with van der Waals surface area (Å²) in [5.41, 5.74) is 1.52. The zero-order valence-electron chi connectivity index (χ0n) is 19.4. The summed E-state index contributed by atoms with van der Waals surface area (Å²) < 4.78 is 19.2. The molecule has 3 aromatic rings. The van der Waals surface area contributed by atoms with Gasteiger partial charge in [-0.25, -0.2) is 4.39 Å². The first-order valence-electron chi connectivity index (χ1n) is 11.1. The molecule has 0 aliphatic carbocycles. The second-order valence-electron chi connectivity index (χ2n) is 8.25. The first kappa shape index (κ1) is 24.0. The highest BCUT2D eigenvalue weighted by atomic mass is 32.1. The Morgan fingerprint density at radius 1 is 0.919 bits per heavy atom. The average molecular weight is 516 g/mol. The molecule has 4 amide bonds. The molecule has 0 radical (unpaired) electrons. The molecule has 2 heterocycles. The Morgan fingerprint density at radius 2 is 1.62 bits per heavy atom. The maximum atomic E-state index is 13.8. The fraction of sp³-hybridized carbons (Fsp3) is 0.0741. The number of carbonyl (C=O) groups excluding carboxylic acids is 4. The van der Waals surface area contributed by atoms with Gasteiger partial charge in [0.2, 0.25) is 0 Å². The van der Waals surface area contributed by atoms with Crippen molar-refractivity contribution >= 4 is 52.7 Å². The van der Waals surface area contributed by atoms with E-state index < -0.39 is 29.4 Å². The maximum Gasteiger partial charge on any atom is 0.270 e. The lowest BCUT2D eigenvalue weighted by Crippen LogP contribution is -2.54. The Bertz CT molecular complexity index is 1520. The zero-order valence-corrected chi connectivity index (χ0v) is 20.2. The predicted molar refractivity (Wildman–Crippen MR) is 136 cm³/mol. The molecule has 5 rings (SSSR count). The molecule has 0 spiro atoms. The number of thiocarbonyl (C=S) groups is 1. The van der Waals surface area contributed by atoms with Gasteiger partial charge in [0.25, 0.3) is 23.6 Å². The largest absolute Gasteiger partial charge is 0.496 e. The molecule has 0 aromatic heterocycles. The molecule has 37 heavy (non-hydrogen) atoms. The van der Waals surface area contributed by atoms with Gasteiger partial charge in [-0.05, 0) is 66.3 Å². The van der Waals surface area contributed by atoms with Crippen LogP contribution in [0.3, 0.4) is 0 Å². The van der Waals surface area contributed by atoms with Crippen molar-refractivity contribution in [2.24, 2.45) is 0 Å². The lowest BCUT2D eigenvalue weighted by atomic mass is 10.0. The van der Waals surface area contributed by atoms with Crippen LogP contribution in [-0.4, -0.2) is 40.8 Å². The van der Waals surface area contributed by atoms with E-state index in [4.69, 9.17) is 17.0 Å². The average Bonchev–Trinajstić information content (AvgIpc) is 3.11. The molecule has 1 saturated heterocycles. The number of carbonyl (C=O) groups is 4. The van der Waals surface area contributed by atoms with Crippen molar-refractivity contribution in [3.05, 3.63) is 100 Å². The van der Waals surface area contributed by atoms with Crippen molar-refractivity contribution in [3.63, 3.8) is 0 Å². The summed E-state index contributed by atoms with van der Waals surface area (Å²) in [6, 6.07) is 16.7. The van der Waals surface area contributed by atoms with E-state index in [1.165, 1.54) is 31.4 Å². The van der Waals surface area contributed by atoms with E-state index in [9.17, 15) is 23.6 Å². The van der Waals surface area contributed by atoms with Crippen molar-refractivity contribution < 1.29 is 28.3 Å². The number of halogens is 1. The number of ether oxygens (including phenoxy) is 1. The van der Waals surface area contributed by atoms with E-state index in [1.807, 2.05) is 0 Å². The number of imide groups is 1. The number of methoxy groups -OCH3 is 1. The van der Waals surface area contributed by atoms with Gasteiger partial charge in [-0.1, -0.05) is 24.3 Å². The van der Waals surface area contributed by atoms with Crippen molar-refractivity contribution in [1.29, 1.82) is 0 Å². The molecule has 1 fully saturated rings. The molecule has 0 saturated carbocycles. The van der Waals surface area contributed by atoms with Gasteiger partial charge in [0.05, 0.1) is 30.5 Å². The third-order valence-electron chi connectivity index (χ3n) is 5.99. The number of amides is 4. The van der Waals surface area contributed by atoms with E-state index >= 15 is 0 Å². The SMILES string of the molecule is COc1ccc(/C=C2/C(=O)NC(=S)N(c3cccc(F)c3)C2=O)cc1CN1C(=O)c2ccccc2C1=O. The normalized spacial score (nSPS) is 16.4. The molecular weight excluding hydrogens is 497 g/mol. The van der Waals surface area contributed by atoms with Crippen molar-refractivity contribution in [1.82, 2.24) is 10.2 Å². The summed E-state index contributed by atoms with van der Waals surface area (Å²) in [6.45, 7) is -0.0772. The van der Waals surface area contributed by atoms with Gasteiger partial charge >= 0.3 is 0 Å². The second kappa shape index (κ2) is 9.40. The van der Waals surface area contributed by atoms with Crippen LogP contribution in [0, 0.1) is 5.82 Å². The number of hydrogen-bond donors (Lipinski definition) is 1. The molecule has 2 aliphatic heterocycles. The Kier molecular flexibility index (Phi) is 6.10. The van der Waals surface area contributed by atoms with Crippen molar-refractivity contribution in [2.45, 2.75) is 6.54 Å². The zero-order chi connectivity index (χ0) is 26.3. The minimum atomic E-state index is -0.725. The lowest BCUT2D eigenvalue weighted by Gasteiger charge is -2.29. The van der Waals surface area contributed by atoms with Gasteiger partial charge in [-0.15, -0.1) is 0 Å². The van der Waals surface area contributed by atoms with Gasteiger partial charge in [-0.3, -0.25) is 34.3 Å². The number of nitrogens with one attached hydrogen (secondary N) is 1. The van der Waals surface area contributed by atoms with E-state index in [0.29, 0.717) is 28.0 Å². The fourth-order valence-electron chi connectivity index (χ4n) is 4.24. The first-order chi connectivity index (χ1) is 17.8. The van der Waals surface area contributed by atoms with Crippen molar-refractivity contribution in [2.75, 3.05) is 12.0 Å². The number of nitrogens with zero attached hydrogens (tertiary/aromatic N) is 2. The maximum absolute atomic E-state index is 13.8. The molecular formula is C27H18FN3O5S. The molecule has 3 aromatic carbocycles. The van der Waals surface area contributed by atoms with Crippen LogP contribution in [0.15, 0.2) is 72.3 Å². The first-order valence-corrected chi connectivity index (χ1v) is 11.5. The minimum absolute atomic E-state index is 0.0772. The van der Waals surface area contributed by atoms with Crippen molar-refractivity contribution in [3.8, 4) is 5.75 Å². The minimum Gasteiger partial charge on any atom is -0.496 e. The Hall–Kier alpha value is -4.70. The highest BCUT2D eigenvalue weighted by molar-refractivity contribution is 7.80. The van der Waals surface area contributed by atoms with Gasteiger partial charge in [0.1, 0.15) is 17.1 Å². The summed E-state index contributed by atoms with van der Waals surface area (Å²) in [5.74, 6) is -2.43. The fourth-order valence-corrected chi connectivity index (χ4v) is 4.52. The quantitative estimate of drug-likeness (QED) is 0.242.